The fourth-order valence-corrected chi connectivity index (χ4v) is 1.68. The minimum absolute atomic E-state index is 0.0326. The summed E-state index contributed by atoms with van der Waals surface area (Å²) in [6.45, 7) is 6.41. The van der Waals surface area contributed by atoms with Crippen LogP contribution in [-0.4, -0.2) is 11.9 Å². The molecule has 0 saturated carbocycles. The largest absolute Gasteiger partial charge is 0.350 e. The average molecular weight is 243 g/mol. The van der Waals surface area contributed by atoms with E-state index < -0.39 is 0 Å². The molecule has 18 heavy (non-hydrogen) atoms. The highest BCUT2D eigenvalue weighted by molar-refractivity contribution is 5.94. The number of hydrogen-bond donors (Lipinski definition) is 1. The molecule has 0 aliphatic heterocycles. The summed E-state index contributed by atoms with van der Waals surface area (Å²) in [5.74, 6) is 3.17. The number of benzene rings is 1. The summed E-state index contributed by atoms with van der Waals surface area (Å²) in [6.07, 6.45) is 7.40. The average Bonchev–Trinajstić information content (AvgIpc) is 2.36. The lowest BCUT2D eigenvalue weighted by Crippen LogP contribution is -2.32. The molecule has 0 unspecified atom stereocenters. The van der Waals surface area contributed by atoms with Crippen molar-refractivity contribution >= 4 is 5.91 Å². The Morgan fingerprint density at radius 1 is 1.22 bits per heavy atom. The first kappa shape index (κ1) is 14.3. The molecule has 0 aliphatic rings. The predicted octanol–water partition coefficient (Wildman–Crippen LogP) is 3.22. The van der Waals surface area contributed by atoms with Crippen LogP contribution in [0.5, 0.6) is 0 Å². The zero-order chi connectivity index (χ0) is 13.5. The Labute approximate surface area is 110 Å². The van der Waals surface area contributed by atoms with E-state index in [1.54, 1.807) is 24.3 Å². The van der Waals surface area contributed by atoms with E-state index >= 15 is 0 Å². The summed E-state index contributed by atoms with van der Waals surface area (Å²) in [5.41, 5.74) is 1.45. The Kier molecular flexibility index (Phi) is 5.45. The molecule has 96 valence electrons. The summed E-state index contributed by atoms with van der Waals surface area (Å²) in [7, 11) is 0. The quantitative estimate of drug-likeness (QED) is 0.790. The molecule has 1 amide bonds. The molecular weight excluding hydrogens is 222 g/mol. The van der Waals surface area contributed by atoms with E-state index in [4.69, 9.17) is 6.42 Å². The Morgan fingerprint density at radius 3 is 2.33 bits per heavy atom. The highest BCUT2D eigenvalue weighted by Crippen LogP contribution is 2.08. The van der Waals surface area contributed by atoms with E-state index in [-0.39, 0.29) is 11.9 Å². The SMILES string of the molecule is C#Cc1ccc(C(=O)N[C@@H](C)CCC(C)C)cc1. The number of terminal acetylenes is 1. The van der Waals surface area contributed by atoms with Crippen molar-refractivity contribution in [3.05, 3.63) is 35.4 Å². The monoisotopic (exact) mass is 243 g/mol. The van der Waals surface area contributed by atoms with Crippen LogP contribution in [0, 0.1) is 18.3 Å². The van der Waals surface area contributed by atoms with E-state index in [1.807, 2.05) is 6.92 Å². The number of carbonyl (C=O) groups excluding carboxylic acids is 1. The minimum atomic E-state index is -0.0326. The first-order valence-corrected chi connectivity index (χ1v) is 6.40. The molecular formula is C16H21NO. The molecule has 1 aromatic rings. The molecule has 1 atom stereocenters. The van der Waals surface area contributed by atoms with Gasteiger partial charge in [0.2, 0.25) is 0 Å². The van der Waals surface area contributed by atoms with Gasteiger partial charge in [0.15, 0.2) is 0 Å². The third-order valence-corrected chi connectivity index (χ3v) is 2.87. The molecule has 0 radical (unpaired) electrons. The number of hydrogen-bond acceptors (Lipinski definition) is 1. The zero-order valence-corrected chi connectivity index (χ0v) is 11.4. The minimum Gasteiger partial charge on any atom is -0.350 e. The van der Waals surface area contributed by atoms with Crippen LogP contribution < -0.4 is 5.32 Å². The summed E-state index contributed by atoms with van der Waals surface area (Å²) < 4.78 is 0. The van der Waals surface area contributed by atoms with Gasteiger partial charge in [-0.15, -0.1) is 6.42 Å². The highest BCUT2D eigenvalue weighted by Gasteiger charge is 2.09. The number of amides is 1. The Bertz CT molecular complexity index is 425. The van der Waals surface area contributed by atoms with Gasteiger partial charge in [-0.05, 0) is 49.9 Å². The van der Waals surface area contributed by atoms with Crippen molar-refractivity contribution in [2.24, 2.45) is 5.92 Å². The summed E-state index contributed by atoms with van der Waals surface area (Å²) in [6, 6.07) is 7.30. The smallest absolute Gasteiger partial charge is 0.251 e. The first-order valence-electron chi connectivity index (χ1n) is 6.40. The predicted molar refractivity (Wildman–Crippen MR) is 75.4 cm³/mol. The molecule has 1 aromatic carbocycles. The molecule has 0 spiro atoms. The zero-order valence-electron chi connectivity index (χ0n) is 11.4. The third kappa shape index (κ3) is 4.63. The fraction of sp³-hybridized carbons (Fsp3) is 0.438. The Balaban J connectivity index is 2.51. The standard InChI is InChI=1S/C16H21NO/c1-5-14-8-10-15(11-9-14)16(18)17-13(4)7-6-12(2)3/h1,8-13H,6-7H2,2-4H3,(H,17,18)/t13-/m0/s1. The van der Waals surface area contributed by atoms with Gasteiger partial charge in [-0.1, -0.05) is 19.8 Å². The van der Waals surface area contributed by atoms with Crippen LogP contribution in [0.3, 0.4) is 0 Å². The first-order chi connectivity index (χ1) is 8.52. The summed E-state index contributed by atoms with van der Waals surface area (Å²) in [5, 5.41) is 3.00. The maximum Gasteiger partial charge on any atom is 0.251 e. The van der Waals surface area contributed by atoms with Gasteiger partial charge in [0.05, 0.1) is 0 Å². The normalized spacial score (nSPS) is 11.9. The third-order valence-electron chi connectivity index (χ3n) is 2.87. The van der Waals surface area contributed by atoms with Crippen molar-refractivity contribution in [3.63, 3.8) is 0 Å². The van der Waals surface area contributed by atoms with Gasteiger partial charge in [-0.2, -0.15) is 0 Å². The maximum absolute atomic E-state index is 11.9. The van der Waals surface area contributed by atoms with Crippen LogP contribution in [-0.2, 0) is 0 Å². The molecule has 0 heterocycles. The van der Waals surface area contributed by atoms with Gasteiger partial charge in [-0.3, -0.25) is 4.79 Å². The Hall–Kier alpha value is -1.75. The lowest BCUT2D eigenvalue weighted by molar-refractivity contribution is 0.0937. The van der Waals surface area contributed by atoms with Gasteiger partial charge in [-0.25, -0.2) is 0 Å². The molecule has 0 fully saturated rings. The second-order valence-corrected chi connectivity index (χ2v) is 5.07. The molecule has 1 rings (SSSR count). The second-order valence-electron chi connectivity index (χ2n) is 5.07. The highest BCUT2D eigenvalue weighted by atomic mass is 16.1. The fourth-order valence-electron chi connectivity index (χ4n) is 1.68. The molecule has 0 bridgehead atoms. The van der Waals surface area contributed by atoms with Crippen LogP contribution in [0.2, 0.25) is 0 Å². The van der Waals surface area contributed by atoms with Crippen molar-refractivity contribution in [2.75, 3.05) is 0 Å². The van der Waals surface area contributed by atoms with E-state index in [2.05, 4.69) is 25.1 Å². The van der Waals surface area contributed by atoms with Crippen LogP contribution in [0.1, 0.15) is 49.5 Å². The van der Waals surface area contributed by atoms with Crippen molar-refractivity contribution in [1.82, 2.24) is 5.32 Å². The van der Waals surface area contributed by atoms with Crippen molar-refractivity contribution < 1.29 is 4.79 Å². The number of carbonyl (C=O) groups is 1. The van der Waals surface area contributed by atoms with Crippen molar-refractivity contribution in [3.8, 4) is 12.3 Å². The van der Waals surface area contributed by atoms with Crippen LogP contribution >= 0.6 is 0 Å². The van der Waals surface area contributed by atoms with Gasteiger partial charge >= 0.3 is 0 Å². The van der Waals surface area contributed by atoms with Gasteiger partial charge < -0.3 is 5.32 Å². The van der Waals surface area contributed by atoms with E-state index in [1.165, 1.54) is 0 Å². The van der Waals surface area contributed by atoms with Crippen molar-refractivity contribution in [1.29, 1.82) is 0 Å². The lowest BCUT2D eigenvalue weighted by Gasteiger charge is -2.15. The number of rotatable bonds is 5. The molecule has 0 aliphatic carbocycles. The molecule has 0 aromatic heterocycles. The summed E-state index contributed by atoms with van der Waals surface area (Å²) >= 11 is 0. The van der Waals surface area contributed by atoms with Gasteiger partial charge in [0, 0.05) is 17.2 Å². The van der Waals surface area contributed by atoms with E-state index in [0.717, 1.165) is 18.4 Å². The molecule has 0 saturated heterocycles. The second kappa shape index (κ2) is 6.86. The van der Waals surface area contributed by atoms with E-state index in [0.29, 0.717) is 11.5 Å². The van der Waals surface area contributed by atoms with E-state index in [9.17, 15) is 4.79 Å². The van der Waals surface area contributed by atoms with Crippen LogP contribution in [0.25, 0.3) is 0 Å². The van der Waals surface area contributed by atoms with Gasteiger partial charge in [0.1, 0.15) is 0 Å². The van der Waals surface area contributed by atoms with Gasteiger partial charge in [0.25, 0.3) is 5.91 Å². The van der Waals surface area contributed by atoms with Crippen LogP contribution in [0.4, 0.5) is 0 Å². The van der Waals surface area contributed by atoms with Crippen molar-refractivity contribution in [2.45, 2.75) is 39.7 Å². The topological polar surface area (TPSA) is 29.1 Å². The lowest BCUT2D eigenvalue weighted by atomic mass is 10.0. The molecule has 2 nitrogen and oxygen atoms in total. The summed E-state index contributed by atoms with van der Waals surface area (Å²) in [4.78, 5) is 11.9. The maximum atomic E-state index is 11.9. The molecule has 1 N–H and O–H groups in total. The Morgan fingerprint density at radius 2 is 1.83 bits per heavy atom. The number of nitrogens with one attached hydrogen (secondary N) is 1. The van der Waals surface area contributed by atoms with Crippen LogP contribution in [0.15, 0.2) is 24.3 Å². The molecule has 2 heteroatoms.